The Morgan fingerprint density at radius 3 is 2.80 bits per heavy atom. The fourth-order valence-electron chi connectivity index (χ4n) is 2.94. The molecule has 4 nitrogen and oxygen atoms in total. The van der Waals surface area contributed by atoms with E-state index in [0.717, 1.165) is 34.5 Å². The maximum absolute atomic E-state index is 5.43. The molecule has 0 bridgehead atoms. The lowest BCUT2D eigenvalue weighted by molar-refractivity contribution is 0.326. The van der Waals surface area contributed by atoms with E-state index in [0.29, 0.717) is 0 Å². The number of methoxy groups -OCH3 is 1. The molecule has 1 aromatic heterocycles. The summed E-state index contributed by atoms with van der Waals surface area (Å²) >= 11 is 5.43. The summed E-state index contributed by atoms with van der Waals surface area (Å²) in [7, 11) is 1.69. The van der Waals surface area contributed by atoms with Gasteiger partial charge in [0.25, 0.3) is 0 Å². The van der Waals surface area contributed by atoms with Crippen molar-refractivity contribution in [3.63, 3.8) is 0 Å². The number of hydrogen-bond donors (Lipinski definition) is 1. The van der Waals surface area contributed by atoms with Crippen LogP contribution in [-0.4, -0.2) is 41.2 Å². The van der Waals surface area contributed by atoms with Gasteiger partial charge in [0.1, 0.15) is 5.75 Å². The highest BCUT2D eigenvalue weighted by molar-refractivity contribution is 7.71. The van der Waals surface area contributed by atoms with E-state index in [9.17, 15) is 0 Å². The first-order valence-electron chi connectivity index (χ1n) is 7.27. The molecule has 1 aliphatic rings. The molecular formula is C15H21N3OS. The van der Waals surface area contributed by atoms with Gasteiger partial charge >= 0.3 is 0 Å². The Hall–Kier alpha value is -1.33. The van der Waals surface area contributed by atoms with Gasteiger partial charge in [-0.2, -0.15) is 0 Å². The number of nitrogens with zero attached hydrogens (tertiary/aromatic N) is 2. The van der Waals surface area contributed by atoms with Crippen LogP contribution in [0.25, 0.3) is 11.0 Å². The summed E-state index contributed by atoms with van der Waals surface area (Å²) in [5.41, 5.74) is 2.22. The Morgan fingerprint density at radius 2 is 2.05 bits per heavy atom. The van der Waals surface area contributed by atoms with Gasteiger partial charge in [-0.25, -0.2) is 0 Å². The van der Waals surface area contributed by atoms with Crippen molar-refractivity contribution in [3.05, 3.63) is 23.0 Å². The van der Waals surface area contributed by atoms with E-state index in [1.165, 1.54) is 32.5 Å². The third-order valence-electron chi connectivity index (χ3n) is 4.04. The number of rotatable bonds is 5. The smallest absolute Gasteiger partial charge is 0.178 e. The normalized spacial score (nSPS) is 16.1. The van der Waals surface area contributed by atoms with Crippen LogP contribution < -0.4 is 4.74 Å². The summed E-state index contributed by atoms with van der Waals surface area (Å²) in [5.74, 6) is 0.875. The Balaban J connectivity index is 1.75. The van der Waals surface area contributed by atoms with Crippen LogP contribution in [0.5, 0.6) is 5.75 Å². The Kier molecular flexibility index (Phi) is 4.08. The number of hydrogen-bond acceptors (Lipinski definition) is 3. The molecule has 1 aliphatic heterocycles. The fraction of sp³-hybridized carbons (Fsp3) is 0.533. The van der Waals surface area contributed by atoms with Gasteiger partial charge in [0.15, 0.2) is 4.77 Å². The zero-order chi connectivity index (χ0) is 13.9. The summed E-state index contributed by atoms with van der Waals surface area (Å²) in [6, 6.07) is 6.04. The van der Waals surface area contributed by atoms with Gasteiger partial charge in [0.05, 0.1) is 18.1 Å². The average molecular weight is 291 g/mol. The zero-order valence-corrected chi connectivity index (χ0v) is 12.7. The van der Waals surface area contributed by atoms with Crippen LogP contribution in [0.1, 0.15) is 19.3 Å². The number of aromatic nitrogens is 2. The van der Waals surface area contributed by atoms with E-state index in [-0.39, 0.29) is 0 Å². The van der Waals surface area contributed by atoms with E-state index in [4.69, 9.17) is 17.0 Å². The van der Waals surface area contributed by atoms with Crippen LogP contribution in [0.15, 0.2) is 18.2 Å². The predicted molar refractivity (Wildman–Crippen MR) is 84.0 cm³/mol. The molecule has 3 rings (SSSR count). The fourth-order valence-corrected chi connectivity index (χ4v) is 3.24. The monoisotopic (exact) mass is 291 g/mol. The molecule has 2 aromatic rings. The van der Waals surface area contributed by atoms with Crippen LogP contribution >= 0.6 is 12.2 Å². The quantitative estimate of drug-likeness (QED) is 0.859. The van der Waals surface area contributed by atoms with Gasteiger partial charge in [-0.15, -0.1) is 0 Å². The van der Waals surface area contributed by atoms with E-state index < -0.39 is 0 Å². The molecule has 0 atom stereocenters. The maximum atomic E-state index is 5.43. The number of aromatic amines is 1. The van der Waals surface area contributed by atoms with Gasteiger partial charge in [-0.1, -0.05) is 0 Å². The number of ether oxygens (including phenoxy) is 1. The van der Waals surface area contributed by atoms with Crippen LogP contribution in [0, 0.1) is 4.77 Å². The SMILES string of the molecule is COc1ccc2[nH]c(=S)n(CCCN3CCCC3)c2c1. The van der Waals surface area contributed by atoms with E-state index in [1.807, 2.05) is 12.1 Å². The molecule has 108 valence electrons. The molecule has 20 heavy (non-hydrogen) atoms. The van der Waals surface area contributed by atoms with Crippen molar-refractivity contribution in [3.8, 4) is 5.75 Å². The van der Waals surface area contributed by atoms with Gasteiger partial charge in [0.2, 0.25) is 0 Å². The summed E-state index contributed by atoms with van der Waals surface area (Å²) in [6.07, 6.45) is 3.84. The van der Waals surface area contributed by atoms with Crippen molar-refractivity contribution in [1.29, 1.82) is 0 Å². The van der Waals surface area contributed by atoms with Crippen LogP contribution in [0.4, 0.5) is 0 Å². The van der Waals surface area contributed by atoms with Crippen LogP contribution in [0.3, 0.4) is 0 Å². The minimum Gasteiger partial charge on any atom is -0.497 e. The average Bonchev–Trinajstić information content (AvgIpc) is 3.07. The van der Waals surface area contributed by atoms with Crippen molar-refractivity contribution < 1.29 is 4.74 Å². The van der Waals surface area contributed by atoms with Gasteiger partial charge in [0, 0.05) is 12.6 Å². The van der Waals surface area contributed by atoms with Crippen molar-refractivity contribution >= 4 is 23.3 Å². The number of nitrogens with one attached hydrogen (secondary N) is 1. The van der Waals surface area contributed by atoms with Gasteiger partial charge < -0.3 is 19.2 Å². The summed E-state index contributed by atoms with van der Waals surface area (Å²) in [4.78, 5) is 5.81. The molecule has 0 spiro atoms. The summed E-state index contributed by atoms with van der Waals surface area (Å²) in [6.45, 7) is 4.64. The lowest BCUT2D eigenvalue weighted by Gasteiger charge is -2.14. The molecule has 1 saturated heterocycles. The van der Waals surface area contributed by atoms with Crippen molar-refractivity contribution in [2.75, 3.05) is 26.7 Å². The highest BCUT2D eigenvalue weighted by Crippen LogP contribution is 2.21. The van der Waals surface area contributed by atoms with Crippen molar-refractivity contribution in [2.45, 2.75) is 25.8 Å². The maximum Gasteiger partial charge on any atom is 0.178 e. The largest absolute Gasteiger partial charge is 0.497 e. The topological polar surface area (TPSA) is 33.2 Å². The number of benzene rings is 1. The lowest BCUT2D eigenvalue weighted by atomic mass is 10.3. The minimum atomic E-state index is 0.801. The van der Waals surface area contributed by atoms with Gasteiger partial charge in [-0.05, 0) is 63.2 Å². The lowest BCUT2D eigenvalue weighted by Crippen LogP contribution is -2.21. The third kappa shape index (κ3) is 2.74. The number of H-pyrrole nitrogens is 1. The Labute approximate surface area is 124 Å². The summed E-state index contributed by atoms with van der Waals surface area (Å²) in [5, 5.41) is 0. The van der Waals surface area contributed by atoms with Gasteiger partial charge in [-0.3, -0.25) is 0 Å². The number of imidazole rings is 1. The first-order chi connectivity index (χ1) is 9.78. The summed E-state index contributed by atoms with van der Waals surface area (Å²) < 4.78 is 8.29. The van der Waals surface area contributed by atoms with Crippen LogP contribution in [-0.2, 0) is 6.54 Å². The first-order valence-corrected chi connectivity index (χ1v) is 7.67. The Morgan fingerprint density at radius 1 is 1.25 bits per heavy atom. The molecule has 5 heteroatoms. The Bertz CT molecular complexity index is 640. The molecule has 0 amide bonds. The second-order valence-electron chi connectivity index (χ2n) is 5.37. The second kappa shape index (κ2) is 5.97. The third-order valence-corrected chi connectivity index (χ3v) is 4.36. The van der Waals surface area contributed by atoms with Crippen LogP contribution in [0.2, 0.25) is 0 Å². The predicted octanol–water partition coefficient (Wildman–Crippen LogP) is 3.19. The molecular weight excluding hydrogens is 270 g/mol. The highest BCUT2D eigenvalue weighted by Gasteiger charge is 2.11. The van der Waals surface area contributed by atoms with E-state index in [2.05, 4.69) is 20.5 Å². The molecule has 2 heterocycles. The molecule has 1 aromatic carbocycles. The first kappa shape index (κ1) is 13.6. The van der Waals surface area contributed by atoms with E-state index in [1.54, 1.807) is 7.11 Å². The zero-order valence-electron chi connectivity index (χ0n) is 11.9. The molecule has 0 radical (unpaired) electrons. The number of likely N-dealkylation sites (tertiary alicyclic amines) is 1. The minimum absolute atomic E-state index is 0.801. The number of aryl methyl sites for hydroxylation is 1. The highest BCUT2D eigenvalue weighted by atomic mass is 32.1. The van der Waals surface area contributed by atoms with E-state index >= 15 is 0 Å². The number of fused-ring (bicyclic) bond motifs is 1. The molecule has 0 unspecified atom stereocenters. The molecule has 1 fully saturated rings. The van der Waals surface area contributed by atoms with Crippen molar-refractivity contribution in [2.24, 2.45) is 0 Å². The van der Waals surface area contributed by atoms with Crippen molar-refractivity contribution in [1.82, 2.24) is 14.5 Å². The second-order valence-corrected chi connectivity index (χ2v) is 5.75. The molecule has 0 saturated carbocycles. The molecule has 0 aliphatic carbocycles. The molecule has 1 N–H and O–H groups in total. The standard InChI is InChI=1S/C15H21N3OS/c1-19-12-5-6-13-14(11-12)18(15(20)16-13)10-4-9-17-7-2-3-8-17/h5-6,11H,2-4,7-10H2,1H3,(H,16,20).